The number of nitrogens with zero attached hydrogens (tertiary/aromatic N) is 4. The van der Waals surface area contributed by atoms with Crippen molar-refractivity contribution in [1.82, 2.24) is 9.80 Å². The maximum atomic E-state index is 13.4. The van der Waals surface area contributed by atoms with Crippen molar-refractivity contribution in [2.75, 3.05) is 56.6 Å². The lowest BCUT2D eigenvalue weighted by atomic mass is 10.1. The summed E-state index contributed by atoms with van der Waals surface area (Å²) in [6, 6.07) is 14.9. The van der Waals surface area contributed by atoms with E-state index in [0.717, 1.165) is 37.6 Å². The van der Waals surface area contributed by atoms with Crippen LogP contribution in [0.4, 0.5) is 17.1 Å². The number of hydrogen-bond donors (Lipinski definition) is 0. The number of fused-ring (bicyclic) bond motifs is 2. The maximum Gasteiger partial charge on any atom is 0.260 e. The molecule has 0 saturated carbocycles. The normalized spacial score (nSPS) is 18.1. The first-order valence-electron chi connectivity index (χ1n) is 9.26. The third-order valence-corrected chi connectivity index (χ3v) is 5.37. The number of rotatable bonds is 2. The van der Waals surface area contributed by atoms with Crippen LogP contribution in [-0.2, 0) is 4.79 Å². The van der Waals surface area contributed by atoms with E-state index in [2.05, 4.69) is 16.8 Å². The molecule has 2 aliphatic heterocycles. The van der Waals surface area contributed by atoms with E-state index in [1.807, 2.05) is 42.5 Å². The van der Waals surface area contributed by atoms with Gasteiger partial charge < -0.3 is 9.80 Å². The van der Waals surface area contributed by atoms with Gasteiger partial charge in [0.15, 0.2) is 0 Å². The van der Waals surface area contributed by atoms with Crippen LogP contribution in [0.2, 0.25) is 0 Å². The molecule has 0 aliphatic carbocycles. The summed E-state index contributed by atoms with van der Waals surface area (Å²) in [6.45, 7) is 4.01. The van der Waals surface area contributed by atoms with Crippen molar-refractivity contribution in [3.05, 3.63) is 54.1 Å². The van der Waals surface area contributed by atoms with Crippen LogP contribution in [0, 0.1) is 0 Å². The van der Waals surface area contributed by atoms with E-state index in [9.17, 15) is 9.59 Å². The Kier molecular flexibility index (Phi) is 4.68. The zero-order valence-electron chi connectivity index (χ0n) is 15.8. The molecule has 6 heteroatoms. The van der Waals surface area contributed by atoms with Crippen molar-refractivity contribution in [2.45, 2.75) is 0 Å². The molecule has 0 unspecified atom stereocenters. The van der Waals surface area contributed by atoms with Gasteiger partial charge in [-0.15, -0.1) is 0 Å². The minimum absolute atomic E-state index is 0.0115. The standard InChI is InChI=1S/C21H24N4O2/c1-22-11-13-24(14-12-22)15-20(26)25-17-8-4-3-7-16(17)21(27)23(2)18-9-5-6-10-19(18)25/h3-10H,11-15H2,1-2H3. The first kappa shape index (κ1) is 17.7. The van der Waals surface area contributed by atoms with Gasteiger partial charge in [0.05, 0.1) is 29.2 Å². The van der Waals surface area contributed by atoms with Crippen LogP contribution in [0.5, 0.6) is 0 Å². The van der Waals surface area contributed by atoms with Gasteiger partial charge in [0.1, 0.15) is 0 Å². The lowest BCUT2D eigenvalue weighted by Gasteiger charge is -2.33. The molecule has 2 heterocycles. The highest BCUT2D eigenvalue weighted by molar-refractivity contribution is 6.18. The average molecular weight is 364 g/mol. The molecule has 0 spiro atoms. The lowest BCUT2D eigenvalue weighted by molar-refractivity contribution is -0.119. The molecule has 0 N–H and O–H groups in total. The third-order valence-electron chi connectivity index (χ3n) is 5.37. The first-order valence-corrected chi connectivity index (χ1v) is 9.26. The maximum absolute atomic E-state index is 13.4. The fourth-order valence-electron chi connectivity index (χ4n) is 3.74. The molecule has 2 aromatic carbocycles. The van der Waals surface area contributed by atoms with Crippen molar-refractivity contribution in [1.29, 1.82) is 0 Å². The number of anilines is 3. The lowest BCUT2D eigenvalue weighted by Crippen LogP contribution is -2.48. The molecule has 0 radical (unpaired) electrons. The van der Waals surface area contributed by atoms with E-state index < -0.39 is 0 Å². The average Bonchev–Trinajstić information content (AvgIpc) is 2.78. The summed E-state index contributed by atoms with van der Waals surface area (Å²) in [6.07, 6.45) is 0. The highest BCUT2D eigenvalue weighted by atomic mass is 16.2. The van der Waals surface area contributed by atoms with Crippen LogP contribution in [0.3, 0.4) is 0 Å². The molecule has 1 fully saturated rings. The molecule has 4 rings (SSSR count). The van der Waals surface area contributed by atoms with Crippen molar-refractivity contribution >= 4 is 28.9 Å². The largest absolute Gasteiger partial charge is 0.309 e. The third kappa shape index (κ3) is 3.22. The molecule has 2 aromatic rings. The van der Waals surface area contributed by atoms with E-state index in [1.165, 1.54) is 0 Å². The molecule has 0 aromatic heterocycles. The predicted octanol–water partition coefficient (Wildman–Crippen LogP) is 2.19. The first-order chi connectivity index (χ1) is 13.1. The monoisotopic (exact) mass is 364 g/mol. The number of benzene rings is 2. The summed E-state index contributed by atoms with van der Waals surface area (Å²) < 4.78 is 0. The quantitative estimate of drug-likeness (QED) is 0.820. The van der Waals surface area contributed by atoms with Crippen molar-refractivity contribution in [2.24, 2.45) is 0 Å². The van der Waals surface area contributed by atoms with E-state index in [-0.39, 0.29) is 11.8 Å². The molecule has 2 aliphatic rings. The van der Waals surface area contributed by atoms with Gasteiger partial charge in [0.2, 0.25) is 5.91 Å². The summed E-state index contributed by atoms with van der Waals surface area (Å²) in [4.78, 5) is 34.1. The fourth-order valence-corrected chi connectivity index (χ4v) is 3.74. The minimum atomic E-state index is -0.104. The fraction of sp³-hybridized carbons (Fsp3) is 0.333. The van der Waals surface area contributed by atoms with Crippen molar-refractivity contribution < 1.29 is 9.59 Å². The van der Waals surface area contributed by atoms with Gasteiger partial charge in [-0.25, -0.2) is 0 Å². The Morgan fingerprint density at radius 3 is 2.15 bits per heavy atom. The van der Waals surface area contributed by atoms with Crippen LogP contribution >= 0.6 is 0 Å². The SMILES string of the molecule is CN1CCN(CC(=O)N2c3ccccc3C(=O)N(C)c3ccccc32)CC1. The van der Waals surface area contributed by atoms with Gasteiger partial charge >= 0.3 is 0 Å². The number of hydrogen-bond acceptors (Lipinski definition) is 4. The van der Waals surface area contributed by atoms with Crippen LogP contribution < -0.4 is 9.80 Å². The van der Waals surface area contributed by atoms with Crippen molar-refractivity contribution in [3.63, 3.8) is 0 Å². The minimum Gasteiger partial charge on any atom is -0.309 e. The zero-order chi connectivity index (χ0) is 19.0. The number of carbonyl (C=O) groups excluding carboxylic acids is 2. The van der Waals surface area contributed by atoms with Crippen LogP contribution in [-0.4, -0.2) is 68.4 Å². The molecule has 0 atom stereocenters. The molecule has 140 valence electrons. The van der Waals surface area contributed by atoms with E-state index >= 15 is 0 Å². The number of piperazine rings is 1. The Labute approximate surface area is 159 Å². The number of carbonyl (C=O) groups is 2. The number of likely N-dealkylation sites (N-methyl/N-ethyl adjacent to an activating group) is 1. The summed E-state index contributed by atoms with van der Waals surface area (Å²) in [5.74, 6) is -0.115. The van der Waals surface area contributed by atoms with Crippen LogP contribution in [0.15, 0.2) is 48.5 Å². The van der Waals surface area contributed by atoms with Gasteiger partial charge in [0.25, 0.3) is 5.91 Å². The Hall–Kier alpha value is -2.70. The van der Waals surface area contributed by atoms with Crippen molar-refractivity contribution in [3.8, 4) is 0 Å². The summed E-state index contributed by atoms with van der Waals surface area (Å²) in [5, 5.41) is 0. The molecule has 27 heavy (non-hydrogen) atoms. The Bertz CT molecular complexity index is 874. The topological polar surface area (TPSA) is 47.1 Å². The van der Waals surface area contributed by atoms with Gasteiger partial charge in [-0.1, -0.05) is 24.3 Å². The second kappa shape index (κ2) is 7.13. The van der Waals surface area contributed by atoms with Crippen LogP contribution in [0.1, 0.15) is 10.4 Å². The Morgan fingerprint density at radius 2 is 1.44 bits per heavy atom. The molecule has 1 saturated heterocycles. The highest BCUT2D eigenvalue weighted by Crippen LogP contribution is 2.40. The Balaban J connectivity index is 1.74. The second-order valence-electron chi connectivity index (χ2n) is 7.18. The summed E-state index contributed by atoms with van der Waals surface area (Å²) >= 11 is 0. The molecular weight excluding hydrogens is 340 g/mol. The highest BCUT2D eigenvalue weighted by Gasteiger charge is 2.32. The Morgan fingerprint density at radius 1 is 0.852 bits per heavy atom. The van der Waals surface area contributed by atoms with E-state index in [1.54, 1.807) is 22.9 Å². The van der Waals surface area contributed by atoms with Gasteiger partial charge in [-0.2, -0.15) is 0 Å². The number of amides is 2. The smallest absolute Gasteiger partial charge is 0.260 e. The van der Waals surface area contributed by atoms with Crippen LogP contribution in [0.25, 0.3) is 0 Å². The van der Waals surface area contributed by atoms with Gasteiger partial charge in [-0.05, 0) is 31.3 Å². The van der Waals surface area contributed by atoms with Gasteiger partial charge in [0, 0.05) is 33.2 Å². The molecule has 2 amide bonds. The summed E-state index contributed by atoms with van der Waals surface area (Å²) in [5.41, 5.74) is 2.68. The zero-order valence-corrected chi connectivity index (χ0v) is 15.8. The molecule has 6 nitrogen and oxygen atoms in total. The van der Waals surface area contributed by atoms with E-state index in [0.29, 0.717) is 17.8 Å². The number of para-hydroxylation sites is 3. The second-order valence-corrected chi connectivity index (χ2v) is 7.18. The van der Waals surface area contributed by atoms with Gasteiger partial charge in [-0.3, -0.25) is 19.4 Å². The van der Waals surface area contributed by atoms with E-state index in [4.69, 9.17) is 0 Å². The summed E-state index contributed by atoms with van der Waals surface area (Å²) in [7, 11) is 3.86. The molecular formula is C21H24N4O2. The molecule has 0 bridgehead atoms. The predicted molar refractivity (Wildman–Crippen MR) is 107 cm³/mol.